The molecule has 0 saturated carbocycles. The fourth-order valence-electron chi connectivity index (χ4n) is 5.73. The summed E-state index contributed by atoms with van der Waals surface area (Å²) in [4.78, 5) is 4.94. The lowest BCUT2D eigenvalue weighted by molar-refractivity contribution is 0.912. The minimum absolute atomic E-state index is 1.17. The maximum Gasteiger partial charge on any atom is 0.0709 e. The first kappa shape index (κ1) is 20.3. The molecule has 0 saturated heterocycles. The summed E-state index contributed by atoms with van der Waals surface area (Å²) in [6, 6.07) is 36.2. The molecule has 0 aromatic heterocycles. The molecule has 2 heteroatoms. The maximum absolute atomic E-state index is 2.47. The predicted molar refractivity (Wildman–Crippen MR) is 148 cm³/mol. The van der Waals surface area contributed by atoms with Crippen LogP contribution in [-0.2, 0) is 12.8 Å². The van der Waals surface area contributed by atoms with Crippen LogP contribution in [0, 0.1) is 13.8 Å². The third-order valence-electron chi connectivity index (χ3n) is 7.58. The molecule has 1 aliphatic carbocycles. The number of benzene rings is 5. The van der Waals surface area contributed by atoms with Crippen molar-refractivity contribution in [3.8, 4) is 0 Å². The highest BCUT2D eigenvalue weighted by Gasteiger charge is 2.32. The molecular weight excluding hydrogens is 424 g/mol. The Kier molecular flexibility index (Phi) is 4.50. The molecule has 5 aromatic rings. The summed E-state index contributed by atoms with van der Waals surface area (Å²) in [7, 11) is 0. The van der Waals surface area contributed by atoms with Gasteiger partial charge < -0.3 is 9.80 Å². The topological polar surface area (TPSA) is 6.48 Å². The third-order valence-corrected chi connectivity index (χ3v) is 7.58. The molecule has 0 fully saturated rings. The molecular formula is C33H28N2. The molecule has 5 aromatic carbocycles. The quantitative estimate of drug-likeness (QED) is 0.258. The number of anilines is 6. The summed E-state index contributed by atoms with van der Waals surface area (Å²) in [5.74, 6) is 0. The van der Waals surface area contributed by atoms with E-state index in [9.17, 15) is 0 Å². The second-order valence-corrected chi connectivity index (χ2v) is 9.99. The standard InChI is InChI=1S/C33H28N2/c1-22-10-14-28(15-11-22)34-30-18-24-6-3-4-7-25(24)19-31(30)35(29-16-12-23(2)13-17-29)33-21-27-9-5-8-26(27)20-32(33)34/h3-4,6-7,10-21H,5,8-9H2,1-2H3. The van der Waals surface area contributed by atoms with Gasteiger partial charge in [0.05, 0.1) is 22.7 Å². The van der Waals surface area contributed by atoms with E-state index in [2.05, 4.69) is 121 Å². The zero-order valence-electron chi connectivity index (χ0n) is 20.3. The second kappa shape index (κ2) is 7.74. The van der Waals surface area contributed by atoms with E-state index in [1.165, 1.54) is 86.4 Å². The van der Waals surface area contributed by atoms with E-state index in [0.29, 0.717) is 0 Å². The average molecular weight is 453 g/mol. The largest absolute Gasteiger partial charge is 0.306 e. The first-order valence-corrected chi connectivity index (χ1v) is 12.6. The van der Waals surface area contributed by atoms with Gasteiger partial charge in [-0.15, -0.1) is 0 Å². The zero-order chi connectivity index (χ0) is 23.5. The first-order valence-electron chi connectivity index (χ1n) is 12.6. The molecule has 1 aliphatic heterocycles. The van der Waals surface area contributed by atoms with Crippen LogP contribution in [0.5, 0.6) is 0 Å². The van der Waals surface area contributed by atoms with Crippen molar-refractivity contribution in [3.05, 3.63) is 119 Å². The monoisotopic (exact) mass is 452 g/mol. The number of rotatable bonds is 2. The first-order chi connectivity index (χ1) is 17.2. The highest BCUT2D eigenvalue weighted by Crippen LogP contribution is 2.56. The summed E-state index contributed by atoms with van der Waals surface area (Å²) >= 11 is 0. The van der Waals surface area contributed by atoms with Crippen LogP contribution in [0.2, 0.25) is 0 Å². The number of hydrogen-bond acceptors (Lipinski definition) is 2. The van der Waals surface area contributed by atoms with Crippen molar-refractivity contribution < 1.29 is 0 Å². The van der Waals surface area contributed by atoms with Crippen molar-refractivity contribution >= 4 is 44.9 Å². The van der Waals surface area contributed by atoms with E-state index in [0.717, 1.165) is 0 Å². The minimum Gasteiger partial charge on any atom is -0.306 e. The van der Waals surface area contributed by atoms with Gasteiger partial charge in [0.15, 0.2) is 0 Å². The van der Waals surface area contributed by atoms with Gasteiger partial charge in [-0.2, -0.15) is 0 Å². The van der Waals surface area contributed by atoms with Crippen LogP contribution < -0.4 is 9.80 Å². The molecule has 35 heavy (non-hydrogen) atoms. The van der Waals surface area contributed by atoms with Gasteiger partial charge in [-0.3, -0.25) is 0 Å². The van der Waals surface area contributed by atoms with Crippen molar-refractivity contribution in [3.63, 3.8) is 0 Å². The van der Waals surface area contributed by atoms with E-state index in [1.54, 1.807) is 0 Å². The molecule has 1 heterocycles. The van der Waals surface area contributed by atoms with E-state index < -0.39 is 0 Å². The molecule has 0 spiro atoms. The van der Waals surface area contributed by atoms with Crippen molar-refractivity contribution in [2.45, 2.75) is 33.1 Å². The summed E-state index contributed by atoms with van der Waals surface area (Å²) in [5, 5.41) is 2.52. The molecule has 0 bridgehead atoms. The van der Waals surface area contributed by atoms with Crippen LogP contribution in [0.3, 0.4) is 0 Å². The number of nitrogens with zero attached hydrogens (tertiary/aromatic N) is 2. The molecule has 0 amide bonds. The second-order valence-electron chi connectivity index (χ2n) is 9.99. The Morgan fingerprint density at radius 3 is 1.31 bits per heavy atom. The minimum atomic E-state index is 1.17. The molecule has 0 atom stereocenters. The Bertz CT molecular complexity index is 1460. The van der Waals surface area contributed by atoms with Gasteiger partial charge in [-0.05, 0) is 104 Å². The van der Waals surface area contributed by atoms with E-state index in [1.807, 2.05) is 0 Å². The fraction of sp³-hybridized carbons (Fsp3) is 0.152. The summed E-state index contributed by atoms with van der Waals surface area (Å²) in [6.45, 7) is 4.31. The zero-order valence-corrected chi connectivity index (χ0v) is 20.3. The molecule has 170 valence electrons. The lowest BCUT2D eigenvalue weighted by atomic mass is 9.98. The number of aryl methyl sites for hydroxylation is 4. The highest BCUT2D eigenvalue weighted by molar-refractivity contribution is 6.06. The van der Waals surface area contributed by atoms with Crippen molar-refractivity contribution in [1.82, 2.24) is 0 Å². The van der Waals surface area contributed by atoms with Gasteiger partial charge >= 0.3 is 0 Å². The van der Waals surface area contributed by atoms with Gasteiger partial charge in [-0.25, -0.2) is 0 Å². The smallest absolute Gasteiger partial charge is 0.0709 e. The summed E-state index contributed by atoms with van der Waals surface area (Å²) in [5.41, 5.74) is 12.9. The molecule has 2 nitrogen and oxygen atoms in total. The highest BCUT2D eigenvalue weighted by atomic mass is 15.3. The van der Waals surface area contributed by atoms with Crippen LogP contribution in [-0.4, -0.2) is 0 Å². The van der Waals surface area contributed by atoms with E-state index in [4.69, 9.17) is 0 Å². The van der Waals surface area contributed by atoms with Gasteiger partial charge in [0.2, 0.25) is 0 Å². The van der Waals surface area contributed by atoms with E-state index in [-0.39, 0.29) is 0 Å². The fourth-order valence-corrected chi connectivity index (χ4v) is 5.73. The van der Waals surface area contributed by atoms with Crippen LogP contribution in [0.4, 0.5) is 34.1 Å². The van der Waals surface area contributed by atoms with Crippen molar-refractivity contribution in [2.24, 2.45) is 0 Å². The SMILES string of the molecule is Cc1ccc(N2c3cc4c(cc3N(c3ccc(C)cc3)c3cc5ccccc5cc32)CCC4)cc1. The van der Waals surface area contributed by atoms with Crippen molar-refractivity contribution in [2.75, 3.05) is 9.80 Å². The molecule has 0 N–H and O–H groups in total. The Balaban J connectivity index is 1.57. The summed E-state index contributed by atoms with van der Waals surface area (Å²) < 4.78 is 0. The van der Waals surface area contributed by atoms with E-state index >= 15 is 0 Å². The average Bonchev–Trinajstić information content (AvgIpc) is 3.34. The van der Waals surface area contributed by atoms with Crippen LogP contribution in [0.15, 0.2) is 97.1 Å². The van der Waals surface area contributed by atoms with Crippen LogP contribution in [0.25, 0.3) is 10.8 Å². The Morgan fingerprint density at radius 1 is 0.486 bits per heavy atom. The third kappa shape index (κ3) is 3.24. The molecule has 7 rings (SSSR count). The maximum atomic E-state index is 2.47. The Hall–Kier alpha value is -4.04. The Morgan fingerprint density at radius 2 is 0.886 bits per heavy atom. The van der Waals surface area contributed by atoms with Crippen molar-refractivity contribution in [1.29, 1.82) is 0 Å². The predicted octanol–water partition coefficient (Wildman–Crippen LogP) is 9.20. The molecule has 0 unspecified atom stereocenters. The summed E-state index contributed by atoms with van der Waals surface area (Å²) in [6.07, 6.45) is 3.57. The lowest BCUT2D eigenvalue weighted by Gasteiger charge is -2.41. The van der Waals surface area contributed by atoms with Gasteiger partial charge in [0.25, 0.3) is 0 Å². The van der Waals surface area contributed by atoms with Crippen LogP contribution in [0.1, 0.15) is 28.7 Å². The molecule has 2 aliphatic rings. The lowest BCUT2D eigenvalue weighted by Crippen LogP contribution is -2.24. The number of hydrogen-bond donors (Lipinski definition) is 0. The normalized spacial score (nSPS) is 14.1. The van der Waals surface area contributed by atoms with Crippen LogP contribution >= 0.6 is 0 Å². The van der Waals surface area contributed by atoms with Gasteiger partial charge in [0, 0.05) is 11.4 Å². The van der Waals surface area contributed by atoms with Gasteiger partial charge in [0.1, 0.15) is 0 Å². The Labute approximate surface area is 207 Å². The van der Waals surface area contributed by atoms with Gasteiger partial charge in [-0.1, -0.05) is 59.7 Å². The number of fused-ring (bicyclic) bond motifs is 4. The molecule has 0 radical (unpaired) electrons.